The number of ether oxygens (including phenoxy) is 1. The molecule has 1 aliphatic rings. The maximum Gasteiger partial charge on any atom is 0.251 e. The van der Waals surface area contributed by atoms with Gasteiger partial charge in [0.15, 0.2) is 0 Å². The Balaban J connectivity index is 1.98. The summed E-state index contributed by atoms with van der Waals surface area (Å²) in [6.45, 7) is 6.18. The van der Waals surface area contributed by atoms with E-state index in [1.54, 1.807) is 4.90 Å². The van der Waals surface area contributed by atoms with Crippen molar-refractivity contribution in [2.45, 2.75) is 32.9 Å². The van der Waals surface area contributed by atoms with Gasteiger partial charge in [0.2, 0.25) is 0 Å². The second-order valence-electron chi connectivity index (χ2n) is 6.59. The van der Waals surface area contributed by atoms with Gasteiger partial charge in [-0.05, 0) is 44.5 Å². The Morgan fingerprint density at radius 3 is 2.62 bits per heavy atom. The minimum absolute atomic E-state index is 0.0326. The van der Waals surface area contributed by atoms with E-state index in [-0.39, 0.29) is 5.91 Å². The van der Waals surface area contributed by atoms with Crippen LogP contribution in [0.15, 0.2) is 40.9 Å². The quantitative estimate of drug-likeness (QED) is 0.840. The lowest BCUT2D eigenvalue weighted by atomic mass is 9.97. The van der Waals surface area contributed by atoms with Gasteiger partial charge in [0.1, 0.15) is 17.9 Å². The van der Waals surface area contributed by atoms with Crippen LogP contribution in [0.4, 0.5) is 11.4 Å². The number of anilines is 2. The number of nitrogens with one attached hydrogen (secondary N) is 1. The molecule has 3 rings (SSSR count). The van der Waals surface area contributed by atoms with E-state index in [1.807, 2.05) is 64.2 Å². The van der Waals surface area contributed by atoms with Gasteiger partial charge in [0.05, 0.1) is 11.4 Å². The number of likely N-dealkylation sites (N-methyl/N-ethyl adjacent to an activating group) is 1. The number of amides is 1. The Morgan fingerprint density at radius 2 is 1.92 bits per heavy atom. The van der Waals surface area contributed by atoms with Gasteiger partial charge in [-0.25, -0.2) is 0 Å². The van der Waals surface area contributed by atoms with Crippen molar-refractivity contribution in [3.8, 4) is 5.75 Å². The highest BCUT2D eigenvalue weighted by Gasteiger charge is 2.38. The Hall–Kier alpha value is -2.01. The van der Waals surface area contributed by atoms with Gasteiger partial charge in [-0.1, -0.05) is 34.1 Å². The van der Waals surface area contributed by atoms with Crippen LogP contribution in [0.5, 0.6) is 5.75 Å². The van der Waals surface area contributed by atoms with Crippen molar-refractivity contribution in [2.75, 3.05) is 17.3 Å². The van der Waals surface area contributed by atoms with Crippen molar-refractivity contribution in [3.05, 3.63) is 52.0 Å². The molecule has 1 N–H and O–H groups in total. The molecule has 0 fully saturated rings. The zero-order valence-corrected chi connectivity index (χ0v) is 15.9. The topological polar surface area (TPSA) is 41.6 Å². The van der Waals surface area contributed by atoms with Gasteiger partial charge in [0.25, 0.3) is 5.91 Å². The zero-order chi connectivity index (χ0) is 17.5. The fourth-order valence-electron chi connectivity index (χ4n) is 3.01. The van der Waals surface area contributed by atoms with Crippen molar-refractivity contribution >= 4 is 33.2 Å². The average molecular weight is 389 g/mol. The number of carbonyl (C=O) groups is 1. The molecule has 0 saturated heterocycles. The summed E-state index contributed by atoms with van der Waals surface area (Å²) in [5.41, 5.74) is 3.22. The second kappa shape index (κ2) is 6.13. The van der Waals surface area contributed by atoms with E-state index in [2.05, 4.69) is 21.2 Å². The smallest absolute Gasteiger partial charge is 0.251 e. The van der Waals surface area contributed by atoms with Crippen LogP contribution >= 0.6 is 15.9 Å². The molecule has 1 aliphatic heterocycles. The van der Waals surface area contributed by atoms with Crippen LogP contribution in [-0.2, 0) is 11.4 Å². The fraction of sp³-hybridized carbons (Fsp3) is 0.316. The molecular weight excluding hydrogens is 368 g/mol. The van der Waals surface area contributed by atoms with E-state index in [4.69, 9.17) is 4.74 Å². The number of para-hydroxylation sites is 1. The maximum atomic E-state index is 12.6. The Kier molecular flexibility index (Phi) is 4.30. The van der Waals surface area contributed by atoms with Crippen molar-refractivity contribution in [1.29, 1.82) is 0 Å². The normalized spacial score (nSPS) is 15.7. The van der Waals surface area contributed by atoms with Crippen LogP contribution in [0.2, 0.25) is 0 Å². The minimum Gasteiger partial charge on any atom is -0.489 e. The van der Waals surface area contributed by atoms with Gasteiger partial charge >= 0.3 is 0 Å². The molecule has 0 spiro atoms. The predicted octanol–water partition coefficient (Wildman–Crippen LogP) is 4.50. The largest absolute Gasteiger partial charge is 0.489 e. The van der Waals surface area contributed by atoms with E-state index < -0.39 is 5.54 Å². The van der Waals surface area contributed by atoms with Crippen LogP contribution in [0, 0.1) is 6.92 Å². The summed E-state index contributed by atoms with van der Waals surface area (Å²) in [4.78, 5) is 14.3. The summed E-state index contributed by atoms with van der Waals surface area (Å²) in [5.74, 6) is 0.880. The van der Waals surface area contributed by atoms with Crippen LogP contribution in [0.25, 0.3) is 0 Å². The Labute approximate surface area is 150 Å². The molecule has 4 nitrogen and oxygen atoms in total. The van der Waals surface area contributed by atoms with Crippen LogP contribution in [0.1, 0.15) is 25.0 Å². The van der Waals surface area contributed by atoms with Gasteiger partial charge in [-0.3, -0.25) is 4.79 Å². The molecule has 0 aliphatic carbocycles. The first-order valence-electron chi connectivity index (χ1n) is 7.87. The Morgan fingerprint density at radius 1 is 1.21 bits per heavy atom. The molecule has 1 heterocycles. The lowest BCUT2D eigenvalue weighted by Crippen LogP contribution is -2.52. The number of nitrogens with zero attached hydrogens (tertiary/aromatic N) is 1. The molecular formula is C19H21BrN2O2. The number of rotatable bonds is 3. The highest BCUT2D eigenvalue weighted by Crippen LogP contribution is 2.41. The highest BCUT2D eigenvalue weighted by molar-refractivity contribution is 9.10. The lowest BCUT2D eigenvalue weighted by Gasteiger charge is -2.39. The average Bonchev–Trinajstić information content (AvgIpc) is 2.53. The highest BCUT2D eigenvalue weighted by atomic mass is 79.9. The third-order valence-electron chi connectivity index (χ3n) is 4.31. The summed E-state index contributed by atoms with van der Waals surface area (Å²) in [6, 6.07) is 11.9. The Bertz CT molecular complexity index is 802. The monoisotopic (exact) mass is 388 g/mol. The van der Waals surface area contributed by atoms with Gasteiger partial charge in [-0.15, -0.1) is 0 Å². The summed E-state index contributed by atoms with van der Waals surface area (Å²) in [7, 11) is 1.81. The zero-order valence-electron chi connectivity index (χ0n) is 14.3. The maximum absolute atomic E-state index is 12.6. The van der Waals surface area contributed by atoms with E-state index in [0.717, 1.165) is 32.7 Å². The number of aryl methyl sites for hydroxylation is 1. The molecule has 126 valence electrons. The summed E-state index contributed by atoms with van der Waals surface area (Å²) >= 11 is 3.60. The van der Waals surface area contributed by atoms with E-state index >= 15 is 0 Å². The first-order valence-corrected chi connectivity index (χ1v) is 8.66. The molecule has 0 bridgehead atoms. The number of benzene rings is 2. The first-order chi connectivity index (χ1) is 11.3. The molecule has 1 amide bonds. The molecule has 0 unspecified atom stereocenters. The second-order valence-corrected chi connectivity index (χ2v) is 7.44. The molecule has 2 aromatic rings. The number of hydrogen-bond donors (Lipinski definition) is 1. The van der Waals surface area contributed by atoms with Crippen molar-refractivity contribution in [3.63, 3.8) is 0 Å². The molecule has 0 atom stereocenters. The summed E-state index contributed by atoms with van der Waals surface area (Å²) in [6.07, 6.45) is 0. The van der Waals surface area contributed by atoms with Crippen molar-refractivity contribution in [1.82, 2.24) is 0 Å². The standard InChI is InChI=1S/C19H21BrN2O2/c1-12-7-5-6-8-16(12)24-11-13-14(20)9-10-15-17(13)22(4)18(23)19(2,3)21-15/h5-10,21H,11H2,1-4H3. The minimum atomic E-state index is -0.621. The molecule has 0 saturated carbocycles. The number of hydrogen-bond acceptors (Lipinski definition) is 3. The fourth-order valence-corrected chi connectivity index (χ4v) is 3.45. The molecule has 0 radical (unpaired) electrons. The summed E-state index contributed by atoms with van der Waals surface area (Å²) in [5, 5.41) is 3.33. The number of fused-ring (bicyclic) bond motifs is 1. The molecule has 5 heteroatoms. The third kappa shape index (κ3) is 2.88. The summed E-state index contributed by atoms with van der Waals surface area (Å²) < 4.78 is 6.94. The predicted molar refractivity (Wildman–Crippen MR) is 101 cm³/mol. The number of halogens is 1. The SMILES string of the molecule is Cc1ccccc1OCc1c(Br)ccc2c1N(C)C(=O)C(C)(C)N2. The van der Waals surface area contributed by atoms with E-state index in [9.17, 15) is 4.79 Å². The van der Waals surface area contributed by atoms with Crippen molar-refractivity contribution in [2.24, 2.45) is 0 Å². The molecule has 2 aromatic carbocycles. The van der Waals surface area contributed by atoms with Crippen LogP contribution in [0.3, 0.4) is 0 Å². The lowest BCUT2D eigenvalue weighted by molar-refractivity contribution is -0.121. The van der Waals surface area contributed by atoms with Crippen molar-refractivity contribution < 1.29 is 9.53 Å². The molecule has 24 heavy (non-hydrogen) atoms. The van der Waals surface area contributed by atoms with Gasteiger partial charge in [0, 0.05) is 17.1 Å². The third-order valence-corrected chi connectivity index (χ3v) is 5.06. The van der Waals surface area contributed by atoms with E-state index in [0.29, 0.717) is 6.61 Å². The van der Waals surface area contributed by atoms with Crippen LogP contribution < -0.4 is 15.0 Å². The first kappa shape index (κ1) is 16.8. The van der Waals surface area contributed by atoms with Gasteiger partial charge < -0.3 is 15.0 Å². The van der Waals surface area contributed by atoms with E-state index in [1.165, 1.54) is 0 Å². The molecule has 0 aromatic heterocycles. The number of carbonyl (C=O) groups excluding carboxylic acids is 1. The van der Waals surface area contributed by atoms with Crippen LogP contribution in [-0.4, -0.2) is 18.5 Å². The van der Waals surface area contributed by atoms with Gasteiger partial charge in [-0.2, -0.15) is 0 Å².